The highest BCUT2D eigenvalue weighted by atomic mass is 35.5. The van der Waals surface area contributed by atoms with Crippen molar-refractivity contribution in [2.24, 2.45) is 0 Å². The second-order valence-corrected chi connectivity index (χ2v) is 9.40. The number of ether oxygens (including phenoxy) is 1. The summed E-state index contributed by atoms with van der Waals surface area (Å²) in [5.41, 5.74) is 0.289. The lowest BCUT2D eigenvalue weighted by Gasteiger charge is -2.33. The molecule has 0 N–H and O–H groups in total. The minimum absolute atomic E-state index is 0.0498. The van der Waals surface area contributed by atoms with Crippen molar-refractivity contribution >= 4 is 27.5 Å². The first kappa shape index (κ1) is 21.1. The highest BCUT2D eigenvalue weighted by molar-refractivity contribution is 7.89. The standard InChI is InChI=1S/C20H25ClN2O4S/c1-2-10-23(17-6-4-3-5-7-17)20(24)16-8-9-18(21)19(15-16)28(25,26)22-11-13-27-14-12-22/h1,8-9,15,17H,3-7,10-14H2. The number of nitrogens with zero attached hydrogens (tertiary/aromatic N) is 2. The molecule has 8 heteroatoms. The van der Waals surface area contributed by atoms with Crippen molar-refractivity contribution in [3.63, 3.8) is 0 Å². The Labute approximate surface area is 171 Å². The van der Waals surface area contributed by atoms with E-state index < -0.39 is 10.0 Å². The van der Waals surface area contributed by atoms with Gasteiger partial charge in [-0.05, 0) is 31.0 Å². The fraction of sp³-hybridized carbons (Fsp3) is 0.550. The lowest BCUT2D eigenvalue weighted by molar-refractivity contribution is 0.0667. The molecular formula is C20H25ClN2O4S. The van der Waals surface area contributed by atoms with Crippen molar-refractivity contribution in [3.8, 4) is 12.3 Å². The summed E-state index contributed by atoms with van der Waals surface area (Å²) in [7, 11) is -3.80. The largest absolute Gasteiger partial charge is 0.379 e. The minimum Gasteiger partial charge on any atom is -0.379 e. The molecule has 0 aromatic heterocycles. The number of morpholine rings is 1. The maximum atomic E-state index is 13.2. The van der Waals surface area contributed by atoms with Crippen molar-refractivity contribution in [1.82, 2.24) is 9.21 Å². The molecule has 1 saturated heterocycles. The summed E-state index contributed by atoms with van der Waals surface area (Å²) < 4.78 is 32.6. The minimum atomic E-state index is -3.80. The Morgan fingerprint density at radius 2 is 1.93 bits per heavy atom. The first-order chi connectivity index (χ1) is 13.4. The van der Waals surface area contributed by atoms with Crippen molar-refractivity contribution in [3.05, 3.63) is 28.8 Å². The zero-order chi connectivity index (χ0) is 20.1. The van der Waals surface area contributed by atoms with Crippen LogP contribution < -0.4 is 0 Å². The molecule has 1 aromatic carbocycles. The lowest BCUT2D eigenvalue weighted by Crippen LogP contribution is -2.42. The molecule has 1 amide bonds. The van der Waals surface area contributed by atoms with Gasteiger partial charge in [0.1, 0.15) is 4.90 Å². The number of rotatable bonds is 5. The summed E-state index contributed by atoms with van der Waals surface area (Å²) in [5.74, 6) is 2.31. The Bertz CT molecular complexity index is 853. The van der Waals surface area contributed by atoms with Crippen LogP contribution in [-0.4, -0.2) is 62.4 Å². The molecule has 2 aliphatic rings. The molecule has 152 valence electrons. The van der Waals surface area contributed by atoms with Crippen molar-refractivity contribution < 1.29 is 17.9 Å². The average Bonchev–Trinajstić information content (AvgIpc) is 2.73. The lowest BCUT2D eigenvalue weighted by atomic mass is 9.93. The molecule has 1 saturated carbocycles. The van der Waals surface area contributed by atoms with Crippen LogP contribution in [0.5, 0.6) is 0 Å². The van der Waals surface area contributed by atoms with Crippen molar-refractivity contribution in [1.29, 1.82) is 0 Å². The topological polar surface area (TPSA) is 66.9 Å². The monoisotopic (exact) mass is 424 g/mol. The number of amides is 1. The Balaban J connectivity index is 1.90. The zero-order valence-electron chi connectivity index (χ0n) is 15.8. The smallest absolute Gasteiger partial charge is 0.254 e. The number of hydrogen-bond acceptors (Lipinski definition) is 4. The van der Waals surface area contributed by atoms with Crippen LogP contribution in [-0.2, 0) is 14.8 Å². The molecule has 2 fully saturated rings. The van der Waals surface area contributed by atoms with Gasteiger partial charge in [0.2, 0.25) is 10.0 Å². The van der Waals surface area contributed by atoms with Gasteiger partial charge < -0.3 is 9.64 Å². The first-order valence-electron chi connectivity index (χ1n) is 9.57. The Morgan fingerprint density at radius 1 is 1.25 bits per heavy atom. The number of halogens is 1. The molecular weight excluding hydrogens is 400 g/mol. The van der Waals surface area contributed by atoms with Gasteiger partial charge >= 0.3 is 0 Å². The van der Waals surface area contributed by atoms with Crippen LogP contribution in [0.3, 0.4) is 0 Å². The van der Waals surface area contributed by atoms with E-state index in [1.54, 1.807) is 11.0 Å². The van der Waals surface area contributed by atoms with Crippen LogP contribution in [0.4, 0.5) is 0 Å². The van der Waals surface area contributed by atoms with E-state index in [0.717, 1.165) is 32.1 Å². The maximum absolute atomic E-state index is 13.2. The van der Waals surface area contributed by atoms with Crippen LogP contribution in [0.25, 0.3) is 0 Å². The van der Waals surface area contributed by atoms with Crippen LogP contribution >= 0.6 is 11.6 Å². The molecule has 6 nitrogen and oxygen atoms in total. The number of benzene rings is 1. The molecule has 0 bridgehead atoms. The molecule has 0 unspecified atom stereocenters. The van der Waals surface area contributed by atoms with E-state index in [2.05, 4.69) is 5.92 Å². The molecule has 3 rings (SSSR count). The summed E-state index contributed by atoms with van der Waals surface area (Å²) in [6.45, 7) is 1.42. The molecule has 0 spiro atoms. The third-order valence-electron chi connectivity index (χ3n) is 5.30. The van der Waals surface area contributed by atoms with Crippen LogP contribution in [0.2, 0.25) is 5.02 Å². The SMILES string of the molecule is C#CCN(C(=O)c1ccc(Cl)c(S(=O)(=O)N2CCOCC2)c1)C1CCCCC1. The fourth-order valence-corrected chi connectivity index (χ4v) is 5.69. The van der Waals surface area contributed by atoms with Gasteiger partial charge in [0.25, 0.3) is 5.91 Å². The number of terminal acetylenes is 1. The Kier molecular flexibility index (Phi) is 7.00. The highest BCUT2D eigenvalue weighted by Crippen LogP contribution is 2.29. The van der Waals surface area contributed by atoms with Crippen LogP contribution in [0.15, 0.2) is 23.1 Å². The van der Waals surface area contributed by atoms with Gasteiger partial charge in [0.05, 0.1) is 24.8 Å². The summed E-state index contributed by atoms with van der Waals surface area (Å²) in [6.07, 6.45) is 10.6. The third kappa shape index (κ3) is 4.52. The average molecular weight is 425 g/mol. The van der Waals surface area contributed by atoms with Gasteiger partial charge in [-0.15, -0.1) is 6.42 Å². The van der Waals surface area contributed by atoms with E-state index in [0.29, 0.717) is 13.2 Å². The number of hydrogen-bond donors (Lipinski definition) is 0. The number of sulfonamides is 1. The number of carbonyl (C=O) groups excluding carboxylic acids is 1. The van der Waals surface area contributed by atoms with Gasteiger partial charge in [-0.3, -0.25) is 4.79 Å². The quantitative estimate of drug-likeness (QED) is 0.681. The van der Waals surface area contributed by atoms with Gasteiger partial charge in [-0.25, -0.2) is 8.42 Å². The van der Waals surface area contributed by atoms with E-state index >= 15 is 0 Å². The maximum Gasteiger partial charge on any atom is 0.254 e. The summed E-state index contributed by atoms with van der Waals surface area (Å²) in [4.78, 5) is 14.8. The predicted octanol–water partition coefficient (Wildman–Crippen LogP) is 2.77. The van der Waals surface area contributed by atoms with Gasteiger partial charge in [-0.1, -0.05) is 36.8 Å². The van der Waals surface area contributed by atoms with E-state index in [1.165, 1.54) is 16.4 Å². The number of carbonyl (C=O) groups is 1. The van der Waals surface area contributed by atoms with Gasteiger partial charge in [0, 0.05) is 24.7 Å². The van der Waals surface area contributed by atoms with E-state index in [9.17, 15) is 13.2 Å². The van der Waals surface area contributed by atoms with Crippen molar-refractivity contribution in [2.75, 3.05) is 32.8 Å². The summed E-state index contributed by atoms with van der Waals surface area (Å²) in [5, 5.41) is 0.101. The summed E-state index contributed by atoms with van der Waals surface area (Å²) in [6, 6.07) is 4.50. The molecule has 1 heterocycles. The van der Waals surface area contributed by atoms with Gasteiger partial charge in [0.15, 0.2) is 0 Å². The summed E-state index contributed by atoms with van der Waals surface area (Å²) >= 11 is 6.20. The second-order valence-electron chi connectivity index (χ2n) is 7.09. The predicted molar refractivity (Wildman–Crippen MR) is 108 cm³/mol. The van der Waals surface area contributed by atoms with E-state index in [-0.39, 0.29) is 47.1 Å². The molecule has 1 aliphatic carbocycles. The zero-order valence-corrected chi connectivity index (χ0v) is 17.3. The molecule has 0 radical (unpaired) electrons. The molecule has 1 aliphatic heterocycles. The normalized spacial score (nSPS) is 19.1. The van der Waals surface area contributed by atoms with Crippen molar-refractivity contribution in [2.45, 2.75) is 43.0 Å². The Morgan fingerprint density at radius 3 is 2.57 bits per heavy atom. The Hall–Kier alpha value is -1.59. The first-order valence-corrected chi connectivity index (χ1v) is 11.4. The van der Waals surface area contributed by atoms with Crippen LogP contribution in [0, 0.1) is 12.3 Å². The van der Waals surface area contributed by atoms with E-state index in [4.69, 9.17) is 22.8 Å². The van der Waals surface area contributed by atoms with Crippen LogP contribution in [0.1, 0.15) is 42.5 Å². The molecule has 1 aromatic rings. The molecule has 0 atom stereocenters. The van der Waals surface area contributed by atoms with E-state index in [1.807, 2.05) is 0 Å². The molecule has 28 heavy (non-hydrogen) atoms. The highest BCUT2D eigenvalue weighted by Gasteiger charge is 2.31. The third-order valence-corrected chi connectivity index (χ3v) is 7.68. The second kappa shape index (κ2) is 9.27. The van der Waals surface area contributed by atoms with Gasteiger partial charge in [-0.2, -0.15) is 4.31 Å². The fourth-order valence-electron chi connectivity index (χ4n) is 3.78.